The van der Waals surface area contributed by atoms with E-state index >= 15 is 0 Å². The summed E-state index contributed by atoms with van der Waals surface area (Å²) >= 11 is 6.55. The molecule has 7 heteroatoms. The van der Waals surface area contributed by atoms with Crippen LogP contribution in [0.15, 0.2) is 53.2 Å². The second-order valence-electron chi connectivity index (χ2n) is 7.45. The zero-order chi connectivity index (χ0) is 23.0. The number of allylic oxidation sites excluding steroid dienone is 2. The summed E-state index contributed by atoms with van der Waals surface area (Å²) in [5.41, 5.74) is 4.23. The Morgan fingerprint density at radius 3 is 2.50 bits per heavy atom. The molecule has 1 aliphatic heterocycles. The summed E-state index contributed by atoms with van der Waals surface area (Å²) < 4.78 is 16.5. The van der Waals surface area contributed by atoms with E-state index in [0.717, 1.165) is 5.56 Å². The van der Waals surface area contributed by atoms with Gasteiger partial charge >= 0.3 is 5.97 Å². The summed E-state index contributed by atoms with van der Waals surface area (Å²) in [6, 6.07) is 10.9. The summed E-state index contributed by atoms with van der Waals surface area (Å²) in [6.45, 7) is 6.04. The molecule has 0 saturated carbocycles. The Balaban J connectivity index is 1.95. The van der Waals surface area contributed by atoms with E-state index in [9.17, 15) is 9.59 Å². The van der Waals surface area contributed by atoms with Crippen LogP contribution in [0.25, 0.3) is 5.70 Å². The number of ketones is 1. The van der Waals surface area contributed by atoms with Crippen molar-refractivity contribution in [2.75, 3.05) is 20.3 Å². The van der Waals surface area contributed by atoms with E-state index in [2.05, 4.69) is 5.32 Å². The third-order valence-corrected chi connectivity index (χ3v) is 5.90. The summed E-state index contributed by atoms with van der Waals surface area (Å²) in [5, 5.41) is 3.62. The number of carbonyl (C=O) groups excluding carboxylic acids is 2. The predicted molar refractivity (Wildman–Crippen MR) is 122 cm³/mol. The number of Topliss-reactive ketones (excluding diaryl/α,β-unsaturated/α-hetero) is 1. The molecule has 2 aliphatic rings. The highest BCUT2D eigenvalue weighted by Crippen LogP contribution is 2.49. The molecule has 2 aromatic rings. The first kappa shape index (κ1) is 22.0. The SMILES string of the molecule is CCOC(=O)C1=C(C)NC2=C(C(=O)c3ccccc32)[C@H]1c1cc(Cl)c(OCC)c(OC)c1. The molecule has 1 aliphatic carbocycles. The fourth-order valence-corrected chi connectivity index (χ4v) is 4.61. The number of hydrogen-bond acceptors (Lipinski definition) is 6. The van der Waals surface area contributed by atoms with Crippen LogP contribution in [0.1, 0.15) is 48.2 Å². The summed E-state index contributed by atoms with van der Waals surface area (Å²) in [4.78, 5) is 26.5. The maximum atomic E-state index is 13.5. The number of fused-ring (bicyclic) bond motifs is 2. The molecule has 6 nitrogen and oxygen atoms in total. The zero-order valence-electron chi connectivity index (χ0n) is 18.4. The molecule has 0 unspecified atom stereocenters. The molecule has 32 heavy (non-hydrogen) atoms. The average Bonchev–Trinajstić information content (AvgIpc) is 3.06. The van der Waals surface area contributed by atoms with Crippen LogP contribution in [0, 0.1) is 0 Å². The van der Waals surface area contributed by atoms with Gasteiger partial charge in [0, 0.05) is 28.3 Å². The van der Waals surface area contributed by atoms with Crippen LogP contribution in [0.5, 0.6) is 11.5 Å². The molecule has 0 spiro atoms. The number of nitrogens with one attached hydrogen (secondary N) is 1. The van der Waals surface area contributed by atoms with Crippen molar-refractivity contribution in [1.82, 2.24) is 5.32 Å². The van der Waals surface area contributed by atoms with E-state index in [1.807, 2.05) is 32.0 Å². The van der Waals surface area contributed by atoms with Gasteiger partial charge in [-0.1, -0.05) is 35.9 Å². The van der Waals surface area contributed by atoms with Crippen molar-refractivity contribution in [3.8, 4) is 11.5 Å². The van der Waals surface area contributed by atoms with Crippen LogP contribution in [0.3, 0.4) is 0 Å². The lowest BCUT2D eigenvalue weighted by Gasteiger charge is -2.29. The number of hydrogen-bond donors (Lipinski definition) is 1. The van der Waals surface area contributed by atoms with Gasteiger partial charge in [-0.25, -0.2) is 4.79 Å². The normalized spacial score (nSPS) is 17.0. The Morgan fingerprint density at radius 2 is 1.84 bits per heavy atom. The monoisotopic (exact) mass is 453 g/mol. The van der Waals surface area contributed by atoms with Gasteiger partial charge in [-0.2, -0.15) is 0 Å². The lowest BCUT2D eigenvalue weighted by atomic mass is 9.79. The Bertz CT molecular complexity index is 1180. The quantitative estimate of drug-likeness (QED) is 0.628. The van der Waals surface area contributed by atoms with Gasteiger partial charge < -0.3 is 19.5 Å². The standard InChI is InChI=1S/C25H24ClNO5/c1-5-31-24-17(26)11-14(12-18(24)30-4)20-19(25(29)32-6-2)13(3)27-22-15-9-7-8-10-16(15)23(28)21(20)22/h7-12,20,27H,5-6H2,1-4H3/t20-/m0/s1. The maximum absolute atomic E-state index is 13.5. The second kappa shape index (κ2) is 8.71. The Kier molecular flexibility index (Phi) is 5.98. The van der Waals surface area contributed by atoms with Crippen molar-refractivity contribution in [3.05, 3.63) is 75.0 Å². The minimum atomic E-state index is -0.674. The first-order valence-electron chi connectivity index (χ1n) is 10.5. The van der Waals surface area contributed by atoms with Crippen LogP contribution < -0.4 is 14.8 Å². The van der Waals surface area contributed by atoms with E-state index in [0.29, 0.717) is 56.8 Å². The summed E-state index contributed by atoms with van der Waals surface area (Å²) in [7, 11) is 1.52. The Morgan fingerprint density at radius 1 is 1.12 bits per heavy atom. The van der Waals surface area contributed by atoms with Crippen molar-refractivity contribution in [2.24, 2.45) is 0 Å². The molecule has 4 rings (SSSR count). The van der Waals surface area contributed by atoms with Gasteiger partial charge in [0.1, 0.15) is 0 Å². The molecule has 0 bridgehead atoms. The Hall–Kier alpha value is -3.25. The van der Waals surface area contributed by atoms with Crippen LogP contribution in [0.4, 0.5) is 0 Å². The number of benzene rings is 2. The van der Waals surface area contributed by atoms with Gasteiger partial charge in [0.2, 0.25) is 0 Å². The smallest absolute Gasteiger partial charge is 0.336 e. The van der Waals surface area contributed by atoms with Crippen LogP contribution in [-0.2, 0) is 9.53 Å². The number of methoxy groups -OCH3 is 1. The largest absolute Gasteiger partial charge is 0.493 e. The molecule has 1 atom stereocenters. The number of rotatable bonds is 6. The molecule has 0 amide bonds. The number of ether oxygens (including phenoxy) is 3. The van der Waals surface area contributed by atoms with Crippen molar-refractivity contribution < 1.29 is 23.8 Å². The number of halogens is 1. The first-order chi connectivity index (χ1) is 15.4. The zero-order valence-corrected chi connectivity index (χ0v) is 19.1. The first-order valence-corrected chi connectivity index (χ1v) is 10.8. The van der Waals surface area contributed by atoms with Crippen molar-refractivity contribution >= 4 is 29.1 Å². The van der Waals surface area contributed by atoms with Gasteiger partial charge in [-0.15, -0.1) is 0 Å². The highest BCUT2D eigenvalue weighted by Gasteiger charge is 2.43. The predicted octanol–water partition coefficient (Wildman–Crippen LogP) is 4.88. The van der Waals surface area contributed by atoms with Crippen LogP contribution in [0.2, 0.25) is 5.02 Å². The summed E-state index contributed by atoms with van der Waals surface area (Å²) in [6.07, 6.45) is 0. The van der Waals surface area contributed by atoms with Gasteiger partial charge in [0.25, 0.3) is 0 Å². The maximum Gasteiger partial charge on any atom is 0.336 e. The van der Waals surface area contributed by atoms with Crippen molar-refractivity contribution in [1.29, 1.82) is 0 Å². The fraction of sp³-hybridized carbons (Fsp3) is 0.280. The third kappa shape index (κ3) is 3.45. The fourth-order valence-electron chi connectivity index (χ4n) is 4.33. The lowest BCUT2D eigenvalue weighted by Crippen LogP contribution is -2.29. The number of carbonyl (C=O) groups is 2. The van der Waals surface area contributed by atoms with Crippen LogP contribution in [-0.4, -0.2) is 32.1 Å². The average molecular weight is 454 g/mol. The molecule has 1 N–H and O–H groups in total. The number of esters is 1. The lowest BCUT2D eigenvalue weighted by molar-refractivity contribution is -0.138. The molecule has 1 heterocycles. The van der Waals surface area contributed by atoms with Crippen LogP contribution >= 0.6 is 11.6 Å². The molecular formula is C25H24ClNO5. The Labute approximate surface area is 191 Å². The molecule has 0 saturated heterocycles. The van der Waals surface area contributed by atoms with Crippen molar-refractivity contribution in [3.63, 3.8) is 0 Å². The highest BCUT2D eigenvalue weighted by atomic mass is 35.5. The molecule has 0 fully saturated rings. The van der Waals surface area contributed by atoms with Gasteiger partial charge in [0.05, 0.1) is 36.6 Å². The van der Waals surface area contributed by atoms with Crippen molar-refractivity contribution in [2.45, 2.75) is 26.7 Å². The summed E-state index contributed by atoms with van der Waals surface area (Å²) in [5.74, 6) is -0.442. The molecule has 0 radical (unpaired) electrons. The molecule has 2 aromatic carbocycles. The van der Waals surface area contributed by atoms with E-state index in [-0.39, 0.29) is 12.4 Å². The van der Waals surface area contributed by atoms with E-state index in [1.165, 1.54) is 7.11 Å². The van der Waals surface area contributed by atoms with Gasteiger partial charge in [-0.05, 0) is 38.5 Å². The molecular weight excluding hydrogens is 430 g/mol. The minimum absolute atomic E-state index is 0.133. The topological polar surface area (TPSA) is 73.9 Å². The van der Waals surface area contributed by atoms with Gasteiger partial charge in [-0.3, -0.25) is 4.79 Å². The molecule has 0 aromatic heterocycles. The second-order valence-corrected chi connectivity index (χ2v) is 7.85. The van der Waals surface area contributed by atoms with E-state index < -0.39 is 11.9 Å². The molecule has 166 valence electrons. The van der Waals surface area contributed by atoms with Gasteiger partial charge in [0.15, 0.2) is 17.3 Å². The number of dihydropyridines is 1. The minimum Gasteiger partial charge on any atom is -0.493 e. The highest BCUT2D eigenvalue weighted by molar-refractivity contribution is 6.32. The van der Waals surface area contributed by atoms with E-state index in [1.54, 1.807) is 25.1 Å². The third-order valence-electron chi connectivity index (χ3n) is 5.62. The van der Waals surface area contributed by atoms with E-state index in [4.69, 9.17) is 25.8 Å².